The summed E-state index contributed by atoms with van der Waals surface area (Å²) in [5, 5.41) is 0. The van der Waals surface area contributed by atoms with Crippen LogP contribution in [0.25, 0.3) is 0 Å². The van der Waals surface area contributed by atoms with Gasteiger partial charge < -0.3 is 4.90 Å². The monoisotopic (exact) mass is 273 g/mol. The zero-order chi connectivity index (χ0) is 12.8. The molecular formula is C17H23NS. The van der Waals surface area contributed by atoms with Gasteiger partial charge >= 0.3 is 0 Å². The second-order valence-corrected chi connectivity index (χ2v) is 7.62. The first-order chi connectivity index (χ1) is 9.33. The largest absolute Gasteiger partial charge is 0.303 e. The van der Waals surface area contributed by atoms with Crippen molar-refractivity contribution in [3.05, 3.63) is 29.3 Å². The molecule has 1 aromatic rings. The van der Waals surface area contributed by atoms with E-state index in [9.17, 15) is 0 Å². The van der Waals surface area contributed by atoms with Crippen molar-refractivity contribution in [2.45, 2.75) is 54.9 Å². The summed E-state index contributed by atoms with van der Waals surface area (Å²) >= 11 is 2.10. The highest BCUT2D eigenvalue weighted by atomic mass is 32.2. The molecular weight excluding hydrogens is 250 g/mol. The van der Waals surface area contributed by atoms with Crippen molar-refractivity contribution in [3.8, 4) is 0 Å². The van der Waals surface area contributed by atoms with E-state index in [0.717, 1.165) is 17.9 Å². The molecule has 0 unspecified atom stereocenters. The van der Waals surface area contributed by atoms with Gasteiger partial charge in [0.25, 0.3) is 0 Å². The van der Waals surface area contributed by atoms with E-state index in [1.165, 1.54) is 44.4 Å². The van der Waals surface area contributed by atoms with E-state index in [2.05, 4.69) is 41.9 Å². The van der Waals surface area contributed by atoms with Gasteiger partial charge in [-0.05, 0) is 74.7 Å². The minimum atomic E-state index is 0.822. The molecule has 2 heterocycles. The zero-order valence-electron chi connectivity index (χ0n) is 11.8. The molecule has 1 aliphatic carbocycles. The van der Waals surface area contributed by atoms with E-state index >= 15 is 0 Å². The molecule has 102 valence electrons. The van der Waals surface area contributed by atoms with E-state index < -0.39 is 0 Å². The van der Waals surface area contributed by atoms with Gasteiger partial charge in [-0.1, -0.05) is 12.1 Å². The van der Waals surface area contributed by atoms with Gasteiger partial charge in [-0.3, -0.25) is 0 Å². The van der Waals surface area contributed by atoms with Crippen LogP contribution in [0.15, 0.2) is 23.1 Å². The average molecular weight is 273 g/mol. The molecule has 2 fully saturated rings. The second-order valence-electron chi connectivity index (χ2n) is 6.55. The molecule has 1 saturated carbocycles. The number of likely N-dealkylation sites (tertiary alicyclic amines) is 1. The van der Waals surface area contributed by atoms with Crippen molar-refractivity contribution >= 4 is 11.8 Å². The molecule has 1 aromatic carbocycles. The van der Waals surface area contributed by atoms with Gasteiger partial charge in [-0.2, -0.15) is 0 Å². The molecule has 0 bridgehead atoms. The van der Waals surface area contributed by atoms with Crippen LogP contribution in [0.5, 0.6) is 0 Å². The van der Waals surface area contributed by atoms with Crippen molar-refractivity contribution in [1.82, 2.24) is 4.90 Å². The maximum absolute atomic E-state index is 2.59. The van der Waals surface area contributed by atoms with Crippen LogP contribution in [0.2, 0.25) is 0 Å². The number of hydrogen-bond acceptors (Lipinski definition) is 2. The summed E-state index contributed by atoms with van der Waals surface area (Å²) in [5.74, 6) is 3.04. The summed E-state index contributed by atoms with van der Waals surface area (Å²) in [6.07, 6.45) is 7.06. The first-order valence-electron chi connectivity index (χ1n) is 7.79. The quantitative estimate of drug-likeness (QED) is 0.810. The van der Waals surface area contributed by atoms with Crippen LogP contribution in [-0.4, -0.2) is 30.3 Å². The minimum absolute atomic E-state index is 0.822. The van der Waals surface area contributed by atoms with E-state index in [4.69, 9.17) is 0 Å². The van der Waals surface area contributed by atoms with E-state index in [0.29, 0.717) is 0 Å². The van der Waals surface area contributed by atoms with Gasteiger partial charge in [0.15, 0.2) is 0 Å². The van der Waals surface area contributed by atoms with Gasteiger partial charge in [0.2, 0.25) is 0 Å². The third kappa shape index (κ3) is 2.23. The molecule has 1 nitrogen and oxygen atoms in total. The first kappa shape index (κ1) is 12.3. The zero-order valence-corrected chi connectivity index (χ0v) is 12.6. The Morgan fingerprint density at radius 1 is 1.26 bits per heavy atom. The Morgan fingerprint density at radius 3 is 2.89 bits per heavy atom. The number of benzene rings is 1. The summed E-state index contributed by atoms with van der Waals surface area (Å²) in [6.45, 7) is 1.31. The smallest absolute Gasteiger partial charge is 0.0110 e. The first-order valence-corrected chi connectivity index (χ1v) is 8.77. The fraction of sp³-hybridized carbons (Fsp3) is 0.647. The Morgan fingerprint density at radius 2 is 2.16 bits per heavy atom. The van der Waals surface area contributed by atoms with Crippen molar-refractivity contribution < 1.29 is 0 Å². The van der Waals surface area contributed by atoms with Crippen LogP contribution in [0.4, 0.5) is 0 Å². The Hall–Kier alpha value is -0.470. The van der Waals surface area contributed by atoms with Crippen LogP contribution < -0.4 is 0 Å². The summed E-state index contributed by atoms with van der Waals surface area (Å²) in [6, 6.07) is 7.88. The molecule has 2 atom stereocenters. The van der Waals surface area contributed by atoms with Crippen molar-refractivity contribution in [2.75, 3.05) is 19.3 Å². The Bertz CT molecular complexity index is 480. The Kier molecular flexibility index (Phi) is 3.12. The van der Waals surface area contributed by atoms with Crippen molar-refractivity contribution in [2.24, 2.45) is 0 Å². The van der Waals surface area contributed by atoms with Gasteiger partial charge in [0, 0.05) is 16.7 Å². The summed E-state index contributed by atoms with van der Waals surface area (Å²) < 4.78 is 0. The van der Waals surface area contributed by atoms with Crippen molar-refractivity contribution in [3.63, 3.8) is 0 Å². The Balaban J connectivity index is 1.60. The van der Waals surface area contributed by atoms with E-state index in [-0.39, 0.29) is 0 Å². The lowest BCUT2D eigenvalue weighted by atomic mass is 9.88. The van der Waals surface area contributed by atoms with Gasteiger partial charge in [-0.15, -0.1) is 11.8 Å². The second kappa shape index (κ2) is 4.82. The normalized spacial score (nSPS) is 30.8. The molecule has 3 aliphatic rings. The van der Waals surface area contributed by atoms with Crippen LogP contribution >= 0.6 is 11.8 Å². The molecule has 4 rings (SSSR count). The number of fused-ring (bicyclic) bond motifs is 1. The third-order valence-corrected chi connectivity index (χ3v) is 6.43. The number of nitrogens with zero attached hydrogens (tertiary/aromatic N) is 1. The lowest BCUT2D eigenvalue weighted by molar-refractivity contribution is 0.286. The average Bonchev–Trinajstić information content (AvgIpc) is 3.08. The predicted molar refractivity (Wildman–Crippen MR) is 82.2 cm³/mol. The number of thioether (sulfide) groups is 1. The summed E-state index contributed by atoms with van der Waals surface area (Å²) in [5.41, 5.74) is 3.45. The molecule has 0 N–H and O–H groups in total. The lowest BCUT2D eigenvalue weighted by Gasteiger charge is -2.24. The fourth-order valence-electron chi connectivity index (χ4n) is 3.94. The third-order valence-electron chi connectivity index (χ3n) is 5.19. The van der Waals surface area contributed by atoms with Gasteiger partial charge in [-0.25, -0.2) is 0 Å². The maximum atomic E-state index is 2.59. The molecule has 0 amide bonds. The van der Waals surface area contributed by atoms with Gasteiger partial charge in [0.05, 0.1) is 0 Å². The standard InChI is InChI=1S/C17H23NS/c1-18-9-3-4-14(18)10-13-11-19-16-6-2-5-15(17(13)16)12-7-8-12/h2,5-6,12-14H,3-4,7-11H2,1H3/t13-,14-/m1/s1. The maximum Gasteiger partial charge on any atom is 0.0110 e. The lowest BCUT2D eigenvalue weighted by Crippen LogP contribution is -2.27. The van der Waals surface area contributed by atoms with Crippen LogP contribution in [0, 0.1) is 0 Å². The highest BCUT2D eigenvalue weighted by Crippen LogP contribution is 2.51. The molecule has 0 radical (unpaired) electrons. The van der Waals surface area contributed by atoms with E-state index in [1.54, 1.807) is 16.0 Å². The fourth-order valence-corrected chi connectivity index (χ4v) is 5.24. The minimum Gasteiger partial charge on any atom is -0.303 e. The Labute approximate surface area is 120 Å². The van der Waals surface area contributed by atoms with Crippen LogP contribution in [0.1, 0.15) is 55.1 Å². The topological polar surface area (TPSA) is 3.24 Å². The number of rotatable bonds is 3. The SMILES string of the molecule is CN1CCC[C@@H]1C[C@@H]1CSc2cccc(C3CC3)c21. The molecule has 0 aromatic heterocycles. The molecule has 1 saturated heterocycles. The van der Waals surface area contributed by atoms with E-state index in [1.807, 2.05) is 0 Å². The molecule has 0 spiro atoms. The van der Waals surface area contributed by atoms with Gasteiger partial charge in [0.1, 0.15) is 0 Å². The summed E-state index contributed by atoms with van der Waals surface area (Å²) in [7, 11) is 2.31. The number of hydrogen-bond donors (Lipinski definition) is 0. The van der Waals surface area contributed by atoms with Crippen molar-refractivity contribution in [1.29, 1.82) is 0 Å². The highest BCUT2D eigenvalue weighted by Gasteiger charge is 2.35. The summed E-state index contributed by atoms with van der Waals surface area (Å²) in [4.78, 5) is 4.18. The molecule has 2 aliphatic heterocycles. The predicted octanol–water partition coefficient (Wildman–Crippen LogP) is 4.24. The molecule has 2 heteroatoms. The highest BCUT2D eigenvalue weighted by molar-refractivity contribution is 7.99. The molecule has 19 heavy (non-hydrogen) atoms. The van der Waals surface area contributed by atoms with Crippen LogP contribution in [-0.2, 0) is 0 Å². The van der Waals surface area contributed by atoms with Crippen LogP contribution in [0.3, 0.4) is 0 Å².